The number of aliphatic hydroxyl groups is 1. The summed E-state index contributed by atoms with van der Waals surface area (Å²) in [5, 5.41) is 7.28. The molecule has 6 heteroatoms. The van der Waals surface area contributed by atoms with E-state index >= 15 is 0 Å². The largest absolute Gasteiger partial charge is 0.411 e. The van der Waals surface area contributed by atoms with Crippen LogP contribution in [-0.2, 0) is 4.79 Å². The van der Waals surface area contributed by atoms with Crippen LogP contribution >= 0.6 is 0 Å². The molecule has 0 bridgehead atoms. The predicted molar refractivity (Wildman–Crippen MR) is 28.0 cm³/mol. The van der Waals surface area contributed by atoms with Gasteiger partial charge in [0.15, 0.2) is 0 Å². The molecule has 3 N–H and O–H groups in total. The molecule has 10 heavy (non-hydrogen) atoms. The molecule has 0 saturated carbocycles. The zero-order valence-electron chi connectivity index (χ0n) is 5.27. The summed E-state index contributed by atoms with van der Waals surface area (Å²) in [5.41, 5.74) is 4.47. The molecule has 1 amide bonds. The van der Waals surface area contributed by atoms with Crippen LogP contribution in [0.25, 0.3) is 0 Å². The number of aliphatic hydroxyl groups excluding tert-OH is 1. The minimum atomic E-state index is -4.40. The minimum Gasteiger partial charge on any atom is -0.387 e. The van der Waals surface area contributed by atoms with Crippen LogP contribution in [0.2, 0.25) is 0 Å². The molecule has 0 spiro atoms. The molecule has 0 aromatic carbocycles. The summed E-state index contributed by atoms with van der Waals surface area (Å²) in [6.07, 6.45) is -4.40. The van der Waals surface area contributed by atoms with Gasteiger partial charge in [-0.25, -0.2) is 0 Å². The Labute approximate surface area is 55.6 Å². The Balaban J connectivity index is 0. The molecule has 0 fully saturated rings. The van der Waals surface area contributed by atoms with Crippen molar-refractivity contribution in [3.8, 4) is 0 Å². The fourth-order valence-electron chi connectivity index (χ4n) is 0. The van der Waals surface area contributed by atoms with Gasteiger partial charge in [-0.3, -0.25) is 4.79 Å². The standard InChI is InChI=1S/C2H3F3O.C2H5NO/c3-2(4,5)1-6;1-2(3)4/h6H,1H2;1H3,(H2,3,4). The quantitative estimate of drug-likeness (QED) is 0.523. The first-order valence-corrected chi connectivity index (χ1v) is 2.23. The van der Waals surface area contributed by atoms with Crippen molar-refractivity contribution in [2.75, 3.05) is 6.61 Å². The number of amides is 1. The molecule has 0 saturated heterocycles. The maximum absolute atomic E-state index is 10.5. The van der Waals surface area contributed by atoms with Gasteiger partial charge in [0.25, 0.3) is 0 Å². The predicted octanol–water partition coefficient (Wildman–Crippen LogP) is 0.0326. The Bertz CT molecular complexity index is 97.2. The lowest BCUT2D eigenvalue weighted by Crippen LogP contribution is -2.12. The van der Waals surface area contributed by atoms with Crippen molar-refractivity contribution in [3.05, 3.63) is 0 Å². The normalized spacial score (nSPS) is 9.70. The fraction of sp³-hybridized carbons (Fsp3) is 0.750. The minimum absolute atomic E-state index is 0.333. The molecule has 0 aliphatic rings. The number of hydrogen-bond donors (Lipinski definition) is 2. The number of hydrogen-bond acceptors (Lipinski definition) is 2. The van der Waals surface area contributed by atoms with Crippen molar-refractivity contribution in [1.82, 2.24) is 0 Å². The zero-order valence-corrected chi connectivity index (χ0v) is 5.27. The molecule has 0 aliphatic carbocycles. The van der Waals surface area contributed by atoms with Gasteiger partial charge >= 0.3 is 6.18 Å². The molecule has 0 unspecified atom stereocenters. The average Bonchev–Trinajstić information content (AvgIpc) is 1.63. The lowest BCUT2D eigenvalue weighted by Gasteiger charge is -1.95. The van der Waals surface area contributed by atoms with Crippen molar-refractivity contribution < 1.29 is 23.1 Å². The first kappa shape index (κ1) is 12.0. The van der Waals surface area contributed by atoms with Gasteiger partial charge in [-0.2, -0.15) is 13.2 Å². The van der Waals surface area contributed by atoms with Crippen molar-refractivity contribution in [1.29, 1.82) is 0 Å². The highest BCUT2D eigenvalue weighted by Gasteiger charge is 2.24. The third kappa shape index (κ3) is 56.7. The second kappa shape index (κ2) is 5.04. The monoisotopic (exact) mass is 159 g/mol. The molecule has 3 nitrogen and oxygen atoms in total. The van der Waals surface area contributed by atoms with Crippen LogP contribution in [0.1, 0.15) is 6.92 Å². The summed E-state index contributed by atoms with van der Waals surface area (Å²) < 4.78 is 31.6. The third-order valence-corrected chi connectivity index (χ3v) is 0.179. The van der Waals surface area contributed by atoms with Gasteiger partial charge in [0, 0.05) is 6.92 Å². The smallest absolute Gasteiger partial charge is 0.387 e. The number of alkyl halides is 3. The van der Waals surface area contributed by atoms with E-state index in [4.69, 9.17) is 5.11 Å². The van der Waals surface area contributed by atoms with Crippen LogP contribution in [0.3, 0.4) is 0 Å². The summed E-state index contributed by atoms with van der Waals surface area (Å²) >= 11 is 0. The van der Waals surface area contributed by atoms with E-state index in [1.54, 1.807) is 0 Å². The number of primary amides is 1. The van der Waals surface area contributed by atoms with Crippen molar-refractivity contribution >= 4 is 5.91 Å². The van der Waals surface area contributed by atoms with E-state index in [0.29, 0.717) is 0 Å². The second-order valence-corrected chi connectivity index (χ2v) is 1.38. The van der Waals surface area contributed by atoms with Gasteiger partial charge in [0.05, 0.1) is 0 Å². The summed E-state index contributed by atoms with van der Waals surface area (Å²) in [7, 11) is 0. The molecule has 0 atom stereocenters. The lowest BCUT2D eigenvalue weighted by molar-refractivity contribution is -0.159. The van der Waals surface area contributed by atoms with Gasteiger partial charge in [0.1, 0.15) is 6.61 Å². The SMILES string of the molecule is CC(N)=O.OCC(F)(F)F. The Morgan fingerprint density at radius 3 is 1.70 bits per heavy atom. The number of nitrogens with two attached hydrogens (primary N) is 1. The summed E-state index contributed by atoms with van der Waals surface area (Å²) in [5.74, 6) is -0.333. The Hall–Kier alpha value is -0.780. The number of carbonyl (C=O) groups excluding carboxylic acids is 1. The number of rotatable bonds is 0. The second-order valence-electron chi connectivity index (χ2n) is 1.38. The van der Waals surface area contributed by atoms with Gasteiger partial charge in [-0.05, 0) is 0 Å². The number of carbonyl (C=O) groups is 1. The molecular formula is C4H8F3NO2. The van der Waals surface area contributed by atoms with Gasteiger partial charge < -0.3 is 10.8 Å². The lowest BCUT2D eigenvalue weighted by atomic mass is 10.7. The average molecular weight is 159 g/mol. The molecule has 0 aliphatic heterocycles. The molecule has 62 valence electrons. The Morgan fingerprint density at radius 2 is 1.70 bits per heavy atom. The maximum atomic E-state index is 10.5. The van der Waals surface area contributed by atoms with Crippen molar-refractivity contribution in [3.63, 3.8) is 0 Å². The van der Waals surface area contributed by atoms with E-state index in [-0.39, 0.29) is 5.91 Å². The molecule has 0 rings (SSSR count). The van der Waals surface area contributed by atoms with Crippen LogP contribution in [0, 0.1) is 0 Å². The first-order valence-electron chi connectivity index (χ1n) is 2.23. The zero-order chi connectivity index (χ0) is 8.78. The van der Waals surface area contributed by atoms with Crippen LogP contribution in [0.5, 0.6) is 0 Å². The first-order chi connectivity index (χ1) is 4.29. The van der Waals surface area contributed by atoms with Gasteiger partial charge in [-0.1, -0.05) is 0 Å². The van der Waals surface area contributed by atoms with Gasteiger partial charge in [0.2, 0.25) is 5.91 Å². The third-order valence-electron chi connectivity index (χ3n) is 0.179. The maximum Gasteiger partial charge on any atom is 0.411 e. The Kier molecular flexibility index (Phi) is 6.02. The van der Waals surface area contributed by atoms with Crippen LogP contribution in [-0.4, -0.2) is 23.8 Å². The van der Waals surface area contributed by atoms with Crippen LogP contribution < -0.4 is 5.73 Å². The van der Waals surface area contributed by atoms with E-state index in [1.807, 2.05) is 0 Å². The highest BCUT2D eigenvalue weighted by Crippen LogP contribution is 2.11. The van der Waals surface area contributed by atoms with Crippen LogP contribution in [0.15, 0.2) is 0 Å². The molecule has 0 heterocycles. The highest BCUT2D eigenvalue weighted by atomic mass is 19.4. The molecule has 0 radical (unpaired) electrons. The van der Waals surface area contributed by atoms with Crippen molar-refractivity contribution in [2.45, 2.75) is 13.1 Å². The van der Waals surface area contributed by atoms with Crippen LogP contribution in [0.4, 0.5) is 13.2 Å². The topological polar surface area (TPSA) is 63.3 Å². The molecule has 0 aromatic heterocycles. The van der Waals surface area contributed by atoms with E-state index in [2.05, 4.69) is 5.73 Å². The molecular weight excluding hydrogens is 151 g/mol. The Morgan fingerprint density at radius 1 is 1.60 bits per heavy atom. The molecule has 0 aromatic rings. The van der Waals surface area contributed by atoms with E-state index < -0.39 is 12.8 Å². The fourth-order valence-corrected chi connectivity index (χ4v) is 0. The summed E-state index contributed by atoms with van der Waals surface area (Å²) in [6.45, 7) is -0.424. The van der Waals surface area contributed by atoms with Gasteiger partial charge in [-0.15, -0.1) is 0 Å². The van der Waals surface area contributed by atoms with E-state index in [0.717, 1.165) is 0 Å². The van der Waals surface area contributed by atoms with E-state index in [9.17, 15) is 18.0 Å². The van der Waals surface area contributed by atoms with E-state index in [1.165, 1.54) is 6.92 Å². The highest BCUT2D eigenvalue weighted by molar-refractivity contribution is 5.70. The summed E-state index contributed by atoms with van der Waals surface area (Å²) in [6, 6.07) is 0. The van der Waals surface area contributed by atoms with Crippen molar-refractivity contribution in [2.24, 2.45) is 5.73 Å². The summed E-state index contributed by atoms with van der Waals surface area (Å²) in [4.78, 5) is 9.22. The number of halogens is 3.